The number of hydrogen-bond donors (Lipinski definition) is 1. The normalized spacial score (nSPS) is 14.3. The Kier molecular flexibility index (Phi) is 7.60. The van der Waals surface area contributed by atoms with E-state index in [1.807, 2.05) is 48.5 Å². The molecule has 2 aromatic carbocycles. The van der Waals surface area contributed by atoms with Gasteiger partial charge >= 0.3 is 0 Å². The zero-order valence-electron chi connectivity index (χ0n) is 21.1. The van der Waals surface area contributed by atoms with Gasteiger partial charge in [0.1, 0.15) is 23.1 Å². The minimum atomic E-state index is -0.526. The van der Waals surface area contributed by atoms with E-state index in [0.717, 1.165) is 37.9 Å². The lowest BCUT2D eigenvalue weighted by Crippen LogP contribution is -2.37. The highest BCUT2D eigenvalue weighted by atomic mass is 16.1. The number of fused-ring (bicyclic) bond motifs is 1. The lowest BCUT2D eigenvalue weighted by atomic mass is 9.90. The number of carbonyl (C=O) groups excluding carboxylic acids is 1. The first-order valence-electron chi connectivity index (χ1n) is 12.9. The van der Waals surface area contributed by atoms with Gasteiger partial charge in [-0.1, -0.05) is 66.7 Å². The second-order valence-electron chi connectivity index (χ2n) is 9.54. The molecule has 2 aromatic heterocycles. The van der Waals surface area contributed by atoms with Gasteiger partial charge in [-0.25, -0.2) is 4.98 Å². The van der Waals surface area contributed by atoms with Crippen molar-refractivity contribution in [2.75, 3.05) is 18.0 Å². The number of hydrogen-bond acceptors (Lipinski definition) is 5. The third-order valence-electron chi connectivity index (χ3n) is 6.98. The van der Waals surface area contributed by atoms with Crippen molar-refractivity contribution >= 4 is 23.4 Å². The van der Waals surface area contributed by atoms with E-state index in [-0.39, 0.29) is 23.2 Å². The van der Waals surface area contributed by atoms with Crippen molar-refractivity contribution < 1.29 is 4.79 Å². The van der Waals surface area contributed by atoms with Crippen LogP contribution in [-0.4, -0.2) is 28.4 Å². The number of nitriles is 1. The Bertz CT molecular complexity index is 1550. The number of nitrogens with zero attached hydrogens (tertiary/aromatic N) is 4. The fourth-order valence-corrected chi connectivity index (χ4v) is 4.92. The molecule has 190 valence electrons. The number of benzene rings is 2. The van der Waals surface area contributed by atoms with Crippen LogP contribution in [-0.2, 0) is 17.8 Å². The summed E-state index contributed by atoms with van der Waals surface area (Å²) in [6.45, 7) is 1.78. The van der Waals surface area contributed by atoms with E-state index in [9.17, 15) is 14.9 Å². The fraction of sp³-hybridized carbons (Fsp3) is 0.226. The number of piperidine rings is 1. The van der Waals surface area contributed by atoms with Gasteiger partial charge in [-0.3, -0.25) is 14.0 Å². The molecule has 0 bridgehead atoms. The van der Waals surface area contributed by atoms with Gasteiger partial charge in [0.2, 0.25) is 0 Å². The lowest BCUT2D eigenvalue weighted by molar-refractivity contribution is -0.117. The molecular weight excluding hydrogens is 474 g/mol. The second-order valence-corrected chi connectivity index (χ2v) is 9.54. The highest BCUT2D eigenvalue weighted by molar-refractivity contribution is 6.02. The van der Waals surface area contributed by atoms with Gasteiger partial charge in [0, 0.05) is 25.8 Å². The molecule has 1 fully saturated rings. The van der Waals surface area contributed by atoms with Crippen molar-refractivity contribution in [3.63, 3.8) is 0 Å². The third-order valence-corrected chi connectivity index (χ3v) is 6.98. The Morgan fingerprint density at radius 2 is 1.63 bits per heavy atom. The molecule has 7 heteroatoms. The molecule has 0 spiro atoms. The summed E-state index contributed by atoms with van der Waals surface area (Å²) in [5.74, 6) is 0.539. The monoisotopic (exact) mass is 503 g/mol. The summed E-state index contributed by atoms with van der Waals surface area (Å²) < 4.78 is 1.45. The number of anilines is 1. The van der Waals surface area contributed by atoms with Gasteiger partial charge in [0.05, 0.1) is 5.56 Å². The van der Waals surface area contributed by atoms with Crippen LogP contribution in [0.1, 0.15) is 29.5 Å². The van der Waals surface area contributed by atoms with Crippen molar-refractivity contribution in [1.29, 1.82) is 5.26 Å². The van der Waals surface area contributed by atoms with Crippen molar-refractivity contribution in [2.45, 2.75) is 25.8 Å². The molecular formula is C31H29N5O2. The largest absolute Gasteiger partial charge is 0.356 e. The van der Waals surface area contributed by atoms with Crippen LogP contribution in [0.15, 0.2) is 95.4 Å². The van der Waals surface area contributed by atoms with Crippen molar-refractivity contribution in [3.05, 3.63) is 118 Å². The van der Waals surface area contributed by atoms with Crippen LogP contribution >= 0.6 is 0 Å². The first kappa shape index (κ1) is 25.0. The molecule has 1 aliphatic rings. The van der Waals surface area contributed by atoms with E-state index in [4.69, 9.17) is 4.98 Å². The van der Waals surface area contributed by atoms with E-state index in [1.54, 1.807) is 18.3 Å². The molecule has 1 amide bonds. The van der Waals surface area contributed by atoms with Gasteiger partial charge in [-0.2, -0.15) is 5.26 Å². The van der Waals surface area contributed by atoms with Crippen molar-refractivity contribution in [3.8, 4) is 6.07 Å². The maximum absolute atomic E-state index is 13.6. The van der Waals surface area contributed by atoms with E-state index >= 15 is 0 Å². The SMILES string of the molecule is N#C/C(=C\c1c(N2CCC(Cc3ccccc3)CC2)nc2ccccn2c1=O)C(=O)NCc1ccccc1. The van der Waals surface area contributed by atoms with Gasteiger partial charge in [0.15, 0.2) is 0 Å². The van der Waals surface area contributed by atoms with E-state index in [0.29, 0.717) is 17.4 Å². The Labute approximate surface area is 221 Å². The van der Waals surface area contributed by atoms with Crippen LogP contribution in [0.4, 0.5) is 5.82 Å². The Balaban J connectivity index is 1.42. The summed E-state index contributed by atoms with van der Waals surface area (Å²) in [5.41, 5.74) is 2.60. The molecule has 0 atom stereocenters. The minimum Gasteiger partial charge on any atom is -0.356 e. The number of carbonyl (C=O) groups is 1. The number of rotatable bonds is 7. The zero-order valence-corrected chi connectivity index (χ0v) is 21.1. The molecule has 38 heavy (non-hydrogen) atoms. The Hall–Kier alpha value is -4.70. The number of nitrogens with one attached hydrogen (secondary N) is 1. The predicted molar refractivity (Wildman–Crippen MR) is 148 cm³/mol. The van der Waals surface area contributed by atoms with Gasteiger partial charge in [-0.15, -0.1) is 0 Å². The second kappa shape index (κ2) is 11.6. The van der Waals surface area contributed by atoms with Gasteiger partial charge in [0.25, 0.3) is 11.5 Å². The zero-order chi connectivity index (χ0) is 26.3. The maximum atomic E-state index is 13.6. The molecule has 0 aliphatic carbocycles. The first-order valence-corrected chi connectivity index (χ1v) is 12.9. The number of pyridine rings is 1. The Morgan fingerprint density at radius 3 is 2.32 bits per heavy atom. The van der Waals surface area contributed by atoms with Crippen molar-refractivity contribution in [2.24, 2.45) is 5.92 Å². The molecule has 7 nitrogen and oxygen atoms in total. The summed E-state index contributed by atoms with van der Waals surface area (Å²) >= 11 is 0. The van der Waals surface area contributed by atoms with Crippen LogP contribution in [0.3, 0.4) is 0 Å². The smallest absolute Gasteiger partial charge is 0.267 e. The molecule has 1 N–H and O–H groups in total. The van der Waals surface area contributed by atoms with Gasteiger partial charge in [-0.05, 0) is 54.5 Å². The van der Waals surface area contributed by atoms with Gasteiger partial charge < -0.3 is 10.2 Å². The van der Waals surface area contributed by atoms with E-state index in [2.05, 4.69) is 34.5 Å². The third kappa shape index (κ3) is 5.65. The molecule has 0 radical (unpaired) electrons. The summed E-state index contributed by atoms with van der Waals surface area (Å²) in [6, 6.07) is 27.3. The highest BCUT2D eigenvalue weighted by Gasteiger charge is 2.25. The quantitative estimate of drug-likeness (QED) is 0.299. The fourth-order valence-electron chi connectivity index (χ4n) is 4.92. The molecule has 0 saturated carbocycles. The summed E-state index contributed by atoms with van der Waals surface area (Å²) in [4.78, 5) is 33.4. The topological polar surface area (TPSA) is 90.5 Å². The number of amides is 1. The first-order chi connectivity index (χ1) is 18.6. The molecule has 4 aromatic rings. The van der Waals surface area contributed by atoms with E-state index in [1.165, 1.54) is 16.0 Å². The molecule has 1 saturated heterocycles. The standard InChI is InChI=1S/C31H29N5O2/c32-21-26(30(37)33-22-25-11-5-2-6-12-25)20-27-29(34-28-13-7-8-16-36(28)31(27)38)35-17-14-24(15-18-35)19-23-9-3-1-4-10-23/h1-13,16,20,24H,14-15,17-19,22H2,(H,33,37)/b26-20+. The molecule has 0 unspecified atom stereocenters. The van der Waals surface area contributed by atoms with Crippen LogP contribution < -0.4 is 15.8 Å². The maximum Gasteiger partial charge on any atom is 0.267 e. The molecule has 1 aliphatic heterocycles. The average Bonchev–Trinajstić information content (AvgIpc) is 2.97. The van der Waals surface area contributed by atoms with Crippen LogP contribution in [0.2, 0.25) is 0 Å². The predicted octanol–water partition coefficient (Wildman–Crippen LogP) is 4.38. The summed E-state index contributed by atoms with van der Waals surface area (Å²) in [5, 5.41) is 12.6. The number of aromatic nitrogens is 2. The molecule has 3 heterocycles. The summed E-state index contributed by atoms with van der Waals surface area (Å²) in [6.07, 6.45) is 6.00. The van der Waals surface area contributed by atoms with Crippen LogP contribution in [0.25, 0.3) is 11.7 Å². The minimum absolute atomic E-state index is 0.129. The van der Waals surface area contributed by atoms with Crippen molar-refractivity contribution in [1.82, 2.24) is 14.7 Å². The van der Waals surface area contributed by atoms with Crippen LogP contribution in [0.5, 0.6) is 0 Å². The Morgan fingerprint density at radius 1 is 0.974 bits per heavy atom. The highest BCUT2D eigenvalue weighted by Crippen LogP contribution is 2.27. The van der Waals surface area contributed by atoms with E-state index < -0.39 is 5.91 Å². The van der Waals surface area contributed by atoms with Crippen LogP contribution in [0, 0.1) is 17.2 Å². The molecule has 5 rings (SSSR count). The average molecular weight is 504 g/mol. The lowest BCUT2D eigenvalue weighted by Gasteiger charge is -2.33. The summed E-state index contributed by atoms with van der Waals surface area (Å²) in [7, 11) is 0.